The maximum atomic E-state index is 12.6. The molecule has 1 amide bonds. The van der Waals surface area contributed by atoms with Gasteiger partial charge >= 0.3 is 5.69 Å². The molecule has 0 aliphatic heterocycles. The summed E-state index contributed by atoms with van der Waals surface area (Å²) in [5, 5.41) is 10.4. The number of hydrogen-bond donors (Lipinski definition) is 1. The number of aromatic nitrogens is 4. The minimum absolute atomic E-state index is 0.132. The van der Waals surface area contributed by atoms with Crippen molar-refractivity contribution in [1.29, 1.82) is 0 Å². The molecule has 154 valence electrons. The number of sulfone groups is 1. The summed E-state index contributed by atoms with van der Waals surface area (Å²) in [6, 6.07) is 9.51. The number of methoxy groups -OCH3 is 1. The van der Waals surface area contributed by atoms with Crippen LogP contribution in [0.5, 0.6) is 5.75 Å². The van der Waals surface area contributed by atoms with E-state index in [1.807, 2.05) is 0 Å². The van der Waals surface area contributed by atoms with E-state index in [-0.39, 0.29) is 17.2 Å². The molecule has 2 heterocycles. The highest BCUT2D eigenvalue weighted by Gasteiger charge is 2.33. The Morgan fingerprint density at radius 1 is 1.14 bits per heavy atom. The van der Waals surface area contributed by atoms with Gasteiger partial charge in [-0.25, -0.2) is 17.9 Å². The topological polar surface area (TPSA) is 125 Å². The zero-order valence-electron chi connectivity index (χ0n) is 16.4. The van der Waals surface area contributed by atoms with Crippen LogP contribution in [0.3, 0.4) is 0 Å². The normalized spacial score (nSPS) is 12.1. The summed E-state index contributed by atoms with van der Waals surface area (Å²) in [5.74, 6) is -0.0237. The lowest BCUT2D eigenvalue weighted by Crippen LogP contribution is -2.31. The van der Waals surface area contributed by atoms with Gasteiger partial charge in [0.05, 0.1) is 17.5 Å². The summed E-state index contributed by atoms with van der Waals surface area (Å²) in [6.45, 7) is 4.26. The third-order valence-electron chi connectivity index (χ3n) is 4.17. The molecule has 0 radical (unpaired) electrons. The smallest absolute Gasteiger partial charge is 0.367 e. The van der Waals surface area contributed by atoms with Gasteiger partial charge in [-0.1, -0.05) is 12.1 Å². The number of ether oxygens (including phenoxy) is 1. The van der Waals surface area contributed by atoms with Crippen LogP contribution in [-0.2, 0) is 21.2 Å². The zero-order valence-corrected chi connectivity index (χ0v) is 17.2. The van der Waals surface area contributed by atoms with Crippen molar-refractivity contribution in [3.63, 3.8) is 0 Å². The van der Waals surface area contributed by atoms with Crippen LogP contribution in [0.2, 0.25) is 0 Å². The first kappa shape index (κ1) is 20.5. The number of nitrogens with one attached hydrogen (secondary N) is 1. The second-order valence-corrected chi connectivity index (χ2v) is 9.90. The van der Waals surface area contributed by atoms with Gasteiger partial charge in [-0.05, 0) is 45.0 Å². The van der Waals surface area contributed by atoms with Gasteiger partial charge in [-0.2, -0.15) is 4.52 Å². The number of nitrogens with zero attached hydrogens (tertiary/aromatic N) is 4. The third-order valence-corrected chi connectivity index (χ3v) is 6.55. The van der Waals surface area contributed by atoms with Crippen LogP contribution in [0.25, 0.3) is 5.65 Å². The first-order valence-corrected chi connectivity index (χ1v) is 10.2. The van der Waals surface area contributed by atoms with Crippen molar-refractivity contribution in [2.24, 2.45) is 0 Å². The van der Waals surface area contributed by atoms with Crippen LogP contribution in [-0.4, -0.2) is 45.6 Å². The number of rotatable bonds is 5. The van der Waals surface area contributed by atoms with E-state index >= 15 is 0 Å². The molecule has 3 aromatic rings. The van der Waals surface area contributed by atoms with Gasteiger partial charge in [0.15, 0.2) is 10.7 Å². The van der Waals surface area contributed by atoms with E-state index in [2.05, 4.69) is 15.5 Å². The number of carbonyl (C=O) groups is 1. The summed E-state index contributed by atoms with van der Waals surface area (Å²) in [5.41, 5.74) is -0.136. The first-order valence-electron chi connectivity index (χ1n) is 8.69. The predicted molar refractivity (Wildman–Crippen MR) is 106 cm³/mol. The molecule has 0 fully saturated rings. The number of carbonyl (C=O) groups excluding carboxylic acids is 1. The van der Waals surface area contributed by atoms with E-state index in [1.165, 1.54) is 19.2 Å². The van der Waals surface area contributed by atoms with Crippen LogP contribution in [0.4, 0.5) is 5.69 Å². The molecule has 1 aromatic carbocycles. The second-order valence-electron chi connectivity index (χ2n) is 7.25. The molecule has 10 nitrogen and oxygen atoms in total. The lowest BCUT2D eigenvalue weighted by Gasteiger charge is -2.17. The third kappa shape index (κ3) is 3.86. The molecular formula is C18H21N5O5S. The van der Waals surface area contributed by atoms with Gasteiger partial charge < -0.3 is 10.1 Å². The number of para-hydroxylation sites is 2. The molecule has 0 saturated carbocycles. The molecule has 0 aliphatic rings. The Labute approximate surface area is 167 Å². The molecule has 0 unspecified atom stereocenters. The maximum absolute atomic E-state index is 12.6. The van der Waals surface area contributed by atoms with Crippen LogP contribution in [0.15, 0.2) is 46.2 Å². The minimum atomic E-state index is -3.75. The van der Waals surface area contributed by atoms with Gasteiger partial charge in [-0.15, -0.1) is 10.2 Å². The highest BCUT2D eigenvalue weighted by Crippen LogP contribution is 2.23. The fraction of sp³-hybridized carbons (Fsp3) is 0.333. The van der Waals surface area contributed by atoms with E-state index in [0.717, 1.165) is 9.20 Å². The van der Waals surface area contributed by atoms with E-state index in [4.69, 9.17) is 4.74 Å². The molecule has 1 N–H and O–H groups in total. The molecule has 2 aromatic heterocycles. The van der Waals surface area contributed by atoms with E-state index in [1.54, 1.807) is 45.0 Å². The maximum Gasteiger partial charge on any atom is 0.367 e. The quantitative estimate of drug-likeness (QED) is 0.657. The van der Waals surface area contributed by atoms with E-state index in [0.29, 0.717) is 11.4 Å². The van der Waals surface area contributed by atoms with Gasteiger partial charge in [0, 0.05) is 0 Å². The molecule has 0 aliphatic carbocycles. The second kappa shape index (κ2) is 7.32. The molecule has 11 heteroatoms. The van der Waals surface area contributed by atoms with Crippen LogP contribution >= 0.6 is 0 Å². The Morgan fingerprint density at radius 2 is 1.83 bits per heavy atom. The average Bonchev–Trinajstić information content (AvgIpc) is 2.96. The van der Waals surface area contributed by atoms with Crippen LogP contribution < -0.4 is 15.7 Å². The Bertz CT molecular complexity index is 1240. The van der Waals surface area contributed by atoms with Crippen molar-refractivity contribution < 1.29 is 17.9 Å². The van der Waals surface area contributed by atoms with E-state index in [9.17, 15) is 18.0 Å². The molecular weight excluding hydrogens is 398 g/mol. The number of anilines is 1. The van der Waals surface area contributed by atoms with Crippen molar-refractivity contribution in [3.8, 4) is 5.75 Å². The average molecular weight is 419 g/mol. The fourth-order valence-corrected chi connectivity index (χ4v) is 3.59. The molecule has 0 spiro atoms. The predicted octanol–water partition coefficient (Wildman–Crippen LogP) is 1.11. The molecule has 0 atom stereocenters. The molecule has 29 heavy (non-hydrogen) atoms. The summed E-state index contributed by atoms with van der Waals surface area (Å²) in [4.78, 5) is 24.9. The van der Waals surface area contributed by atoms with Gasteiger partial charge in [0.25, 0.3) is 0 Å². The molecule has 3 rings (SSSR count). The minimum Gasteiger partial charge on any atom is -0.495 e. The van der Waals surface area contributed by atoms with Crippen molar-refractivity contribution >= 4 is 27.1 Å². The summed E-state index contributed by atoms with van der Waals surface area (Å²) >= 11 is 0. The van der Waals surface area contributed by atoms with Crippen LogP contribution in [0.1, 0.15) is 20.8 Å². The van der Waals surface area contributed by atoms with Gasteiger partial charge in [0.1, 0.15) is 12.3 Å². The standard InChI is InChI=1S/C18H21N5O5S/c1-18(2,3)29(26,27)16-10-9-14-20-22(17(25)23(14)21-16)11-15(24)19-12-7-5-6-8-13(12)28-4/h5-10H,11H2,1-4H3,(H,19,24). The Hall–Kier alpha value is -3.21. The molecule has 0 bridgehead atoms. The zero-order chi connectivity index (χ0) is 21.4. The number of benzene rings is 1. The molecule has 0 saturated heterocycles. The summed E-state index contributed by atoms with van der Waals surface area (Å²) < 4.78 is 31.0. The van der Waals surface area contributed by atoms with E-state index < -0.39 is 26.2 Å². The van der Waals surface area contributed by atoms with Crippen molar-refractivity contribution in [1.82, 2.24) is 19.4 Å². The number of hydrogen-bond acceptors (Lipinski definition) is 7. The van der Waals surface area contributed by atoms with Crippen LogP contribution in [0, 0.1) is 0 Å². The lowest BCUT2D eigenvalue weighted by molar-refractivity contribution is -0.117. The summed E-state index contributed by atoms with van der Waals surface area (Å²) in [7, 11) is -2.27. The van der Waals surface area contributed by atoms with Crippen molar-refractivity contribution in [2.75, 3.05) is 12.4 Å². The summed E-state index contributed by atoms with van der Waals surface area (Å²) in [6.07, 6.45) is 0. The Balaban J connectivity index is 1.91. The Morgan fingerprint density at radius 3 is 2.48 bits per heavy atom. The van der Waals surface area contributed by atoms with Gasteiger partial charge in [0.2, 0.25) is 15.7 Å². The number of fused-ring (bicyclic) bond motifs is 1. The highest BCUT2D eigenvalue weighted by atomic mass is 32.2. The largest absolute Gasteiger partial charge is 0.495 e. The van der Waals surface area contributed by atoms with Crippen molar-refractivity contribution in [3.05, 3.63) is 46.9 Å². The SMILES string of the molecule is COc1ccccc1NC(=O)Cn1nc2ccc(S(=O)(=O)C(C)(C)C)nn2c1=O. The van der Waals surface area contributed by atoms with Crippen molar-refractivity contribution in [2.45, 2.75) is 37.1 Å². The monoisotopic (exact) mass is 419 g/mol. The first-order chi connectivity index (χ1) is 13.5. The van der Waals surface area contributed by atoms with Gasteiger partial charge in [-0.3, -0.25) is 4.79 Å². The highest BCUT2D eigenvalue weighted by molar-refractivity contribution is 7.92. The fourth-order valence-electron chi connectivity index (χ4n) is 2.53. The Kier molecular flexibility index (Phi) is 5.18. The lowest BCUT2D eigenvalue weighted by atomic mass is 10.3. The number of amides is 1.